The molecule has 0 aromatic heterocycles. The topological polar surface area (TPSA) is 61.3 Å². The average molecular weight is 242 g/mol. The van der Waals surface area contributed by atoms with Gasteiger partial charge in [-0.2, -0.15) is 0 Å². The molecule has 0 saturated heterocycles. The fourth-order valence-electron chi connectivity index (χ4n) is 1.93. The van der Waals surface area contributed by atoms with Gasteiger partial charge in [0.1, 0.15) is 5.75 Å². The van der Waals surface area contributed by atoms with Crippen molar-refractivity contribution in [1.82, 2.24) is 0 Å². The van der Waals surface area contributed by atoms with Crippen molar-refractivity contribution in [3.63, 3.8) is 0 Å². The van der Waals surface area contributed by atoms with Gasteiger partial charge in [-0.05, 0) is 35.7 Å². The zero-order valence-electron chi connectivity index (χ0n) is 10.5. The van der Waals surface area contributed by atoms with Crippen LogP contribution < -0.4 is 16.2 Å². The largest absolute Gasteiger partial charge is 0.497 e. The Labute approximate surface area is 107 Å². The molecule has 94 valence electrons. The highest BCUT2D eigenvalue weighted by Gasteiger charge is 2.08. The van der Waals surface area contributed by atoms with E-state index >= 15 is 0 Å². The van der Waals surface area contributed by atoms with E-state index in [0.29, 0.717) is 0 Å². The maximum absolute atomic E-state index is 6.19. The molecule has 1 unspecified atom stereocenters. The lowest BCUT2D eigenvalue weighted by atomic mass is 9.98. The van der Waals surface area contributed by atoms with Crippen LogP contribution in [0.15, 0.2) is 48.5 Å². The summed E-state index contributed by atoms with van der Waals surface area (Å²) >= 11 is 0. The van der Waals surface area contributed by atoms with Gasteiger partial charge in [0.05, 0.1) is 7.11 Å². The van der Waals surface area contributed by atoms with Gasteiger partial charge in [0.2, 0.25) is 0 Å². The van der Waals surface area contributed by atoms with Crippen LogP contribution in [0, 0.1) is 0 Å². The summed E-state index contributed by atoms with van der Waals surface area (Å²) in [5.74, 6) is 0.838. The number of ether oxygens (including phenoxy) is 1. The number of methoxy groups -OCH3 is 1. The predicted octanol–water partition coefficient (Wildman–Crippen LogP) is 2.52. The maximum Gasteiger partial charge on any atom is 0.118 e. The van der Waals surface area contributed by atoms with Crippen molar-refractivity contribution in [3.05, 3.63) is 59.7 Å². The number of hydrogen-bond donors (Lipinski definition) is 2. The van der Waals surface area contributed by atoms with E-state index < -0.39 is 0 Å². The Morgan fingerprint density at radius 2 is 1.72 bits per heavy atom. The average Bonchev–Trinajstić information content (AvgIpc) is 2.41. The van der Waals surface area contributed by atoms with Crippen LogP contribution in [0.25, 0.3) is 0 Å². The Morgan fingerprint density at radius 3 is 2.33 bits per heavy atom. The van der Waals surface area contributed by atoms with Gasteiger partial charge in [0, 0.05) is 11.7 Å². The lowest BCUT2D eigenvalue weighted by Crippen LogP contribution is -2.14. The van der Waals surface area contributed by atoms with E-state index in [9.17, 15) is 0 Å². The van der Waals surface area contributed by atoms with Crippen molar-refractivity contribution in [2.24, 2.45) is 5.73 Å². The van der Waals surface area contributed by atoms with Crippen LogP contribution >= 0.6 is 0 Å². The van der Waals surface area contributed by atoms with Crippen LogP contribution in [-0.4, -0.2) is 7.11 Å². The molecule has 2 aromatic rings. The minimum Gasteiger partial charge on any atom is -0.497 e. The number of anilines is 1. The first-order chi connectivity index (χ1) is 8.70. The molecule has 2 aromatic carbocycles. The monoisotopic (exact) mass is 242 g/mol. The molecule has 0 spiro atoms. The Morgan fingerprint density at radius 1 is 1.06 bits per heavy atom. The molecule has 0 fully saturated rings. The van der Waals surface area contributed by atoms with Gasteiger partial charge in [-0.1, -0.05) is 30.3 Å². The molecule has 0 amide bonds. The fraction of sp³-hybridized carbons (Fsp3) is 0.200. The molecule has 0 aliphatic rings. The summed E-state index contributed by atoms with van der Waals surface area (Å²) in [7, 11) is 1.65. The number of hydrogen-bond acceptors (Lipinski definition) is 3. The van der Waals surface area contributed by atoms with E-state index in [-0.39, 0.29) is 6.04 Å². The SMILES string of the molecule is COc1ccc(C(N)Cc2ccccc2N)cc1. The van der Waals surface area contributed by atoms with Crippen LogP contribution in [0.4, 0.5) is 5.69 Å². The van der Waals surface area contributed by atoms with Crippen LogP contribution in [0.2, 0.25) is 0 Å². The highest BCUT2D eigenvalue weighted by atomic mass is 16.5. The molecule has 0 heterocycles. The summed E-state index contributed by atoms with van der Waals surface area (Å²) in [6.45, 7) is 0. The van der Waals surface area contributed by atoms with Crippen molar-refractivity contribution in [1.29, 1.82) is 0 Å². The quantitative estimate of drug-likeness (QED) is 0.810. The van der Waals surface area contributed by atoms with Gasteiger partial charge in [0.25, 0.3) is 0 Å². The summed E-state index contributed by atoms with van der Waals surface area (Å²) in [4.78, 5) is 0. The number of para-hydroxylation sites is 1. The number of nitrogens with two attached hydrogens (primary N) is 2. The maximum atomic E-state index is 6.19. The Hall–Kier alpha value is -2.00. The van der Waals surface area contributed by atoms with Crippen molar-refractivity contribution in [2.45, 2.75) is 12.5 Å². The second kappa shape index (κ2) is 5.56. The molecule has 0 radical (unpaired) electrons. The third kappa shape index (κ3) is 2.81. The first-order valence-electron chi connectivity index (χ1n) is 5.93. The Balaban J connectivity index is 2.11. The number of nitrogen functional groups attached to an aromatic ring is 1. The van der Waals surface area contributed by atoms with Crippen molar-refractivity contribution < 1.29 is 4.74 Å². The van der Waals surface area contributed by atoms with Gasteiger partial charge in [0.15, 0.2) is 0 Å². The summed E-state index contributed by atoms with van der Waals surface area (Å²) in [6.07, 6.45) is 0.735. The Bertz CT molecular complexity index is 508. The highest BCUT2D eigenvalue weighted by molar-refractivity contribution is 5.47. The second-order valence-electron chi connectivity index (χ2n) is 4.28. The molecule has 0 aliphatic carbocycles. The van der Waals surface area contributed by atoms with E-state index in [0.717, 1.165) is 29.0 Å². The minimum absolute atomic E-state index is 0.0550. The molecule has 0 bridgehead atoms. The molecule has 0 saturated carbocycles. The van der Waals surface area contributed by atoms with Crippen molar-refractivity contribution >= 4 is 5.69 Å². The van der Waals surface area contributed by atoms with Crippen LogP contribution in [-0.2, 0) is 6.42 Å². The molecular formula is C15H18N2O. The number of benzene rings is 2. The molecule has 18 heavy (non-hydrogen) atoms. The van der Waals surface area contributed by atoms with E-state index in [1.807, 2.05) is 48.5 Å². The third-order valence-corrected chi connectivity index (χ3v) is 3.04. The van der Waals surface area contributed by atoms with E-state index in [2.05, 4.69) is 0 Å². The zero-order valence-corrected chi connectivity index (χ0v) is 10.5. The van der Waals surface area contributed by atoms with Gasteiger partial charge in [-0.25, -0.2) is 0 Å². The van der Waals surface area contributed by atoms with Crippen molar-refractivity contribution in [3.8, 4) is 5.75 Å². The summed E-state index contributed by atoms with van der Waals surface area (Å²) in [5.41, 5.74) is 15.1. The molecule has 0 aliphatic heterocycles. The van der Waals surface area contributed by atoms with Gasteiger partial charge in [-0.15, -0.1) is 0 Å². The van der Waals surface area contributed by atoms with E-state index in [1.165, 1.54) is 0 Å². The molecule has 1 atom stereocenters. The summed E-state index contributed by atoms with van der Waals surface area (Å²) < 4.78 is 5.13. The number of rotatable bonds is 4. The van der Waals surface area contributed by atoms with Crippen LogP contribution in [0.3, 0.4) is 0 Å². The minimum atomic E-state index is -0.0550. The first kappa shape index (κ1) is 12.5. The highest BCUT2D eigenvalue weighted by Crippen LogP contribution is 2.21. The van der Waals surface area contributed by atoms with Crippen LogP contribution in [0.1, 0.15) is 17.2 Å². The molecular weight excluding hydrogens is 224 g/mol. The standard InChI is InChI=1S/C15H18N2O/c1-18-13-8-6-11(7-9-13)15(17)10-12-4-2-3-5-14(12)16/h2-9,15H,10,16-17H2,1H3. The lowest BCUT2D eigenvalue weighted by Gasteiger charge is -2.14. The second-order valence-corrected chi connectivity index (χ2v) is 4.28. The van der Waals surface area contributed by atoms with Gasteiger partial charge in [-0.3, -0.25) is 0 Å². The van der Waals surface area contributed by atoms with Crippen molar-refractivity contribution in [2.75, 3.05) is 12.8 Å². The predicted molar refractivity (Wildman–Crippen MR) is 74.5 cm³/mol. The molecule has 3 heteroatoms. The van der Waals surface area contributed by atoms with Gasteiger partial charge >= 0.3 is 0 Å². The van der Waals surface area contributed by atoms with E-state index in [4.69, 9.17) is 16.2 Å². The molecule has 4 N–H and O–H groups in total. The lowest BCUT2D eigenvalue weighted by molar-refractivity contribution is 0.414. The fourth-order valence-corrected chi connectivity index (χ4v) is 1.93. The third-order valence-electron chi connectivity index (χ3n) is 3.04. The zero-order chi connectivity index (χ0) is 13.0. The van der Waals surface area contributed by atoms with Crippen LogP contribution in [0.5, 0.6) is 5.75 Å². The summed E-state index contributed by atoms with van der Waals surface area (Å²) in [6, 6.07) is 15.6. The molecule has 2 rings (SSSR count). The molecule has 3 nitrogen and oxygen atoms in total. The first-order valence-corrected chi connectivity index (χ1v) is 5.93. The normalized spacial score (nSPS) is 12.1. The smallest absolute Gasteiger partial charge is 0.118 e. The Kier molecular flexibility index (Phi) is 3.85. The summed E-state index contributed by atoms with van der Waals surface area (Å²) in [5, 5.41) is 0. The van der Waals surface area contributed by atoms with E-state index in [1.54, 1.807) is 7.11 Å². The van der Waals surface area contributed by atoms with Gasteiger partial charge < -0.3 is 16.2 Å².